The molecule has 0 amide bonds. The van der Waals surface area contributed by atoms with Crippen LogP contribution < -0.4 is 5.73 Å². The Hall–Kier alpha value is -0.340. The van der Waals surface area contributed by atoms with Gasteiger partial charge in [-0.15, -0.1) is 0 Å². The molecule has 1 nitrogen and oxygen atoms in total. The molecule has 1 saturated carbocycles. The van der Waals surface area contributed by atoms with Crippen LogP contribution in [-0.2, 0) is 11.8 Å². The van der Waals surface area contributed by atoms with Crippen molar-refractivity contribution in [1.29, 1.82) is 0 Å². The summed E-state index contributed by atoms with van der Waals surface area (Å²) in [5, 5.41) is 0. The van der Waals surface area contributed by atoms with E-state index >= 15 is 0 Å². The Morgan fingerprint density at radius 1 is 1.24 bits per heavy atom. The molecular formula is C15H22BrN. The molecule has 1 aliphatic rings. The Balaban J connectivity index is 2.44. The molecule has 0 bridgehead atoms. The molecule has 2 heteroatoms. The number of nitrogens with two attached hydrogens (primary N) is 1. The smallest absolute Gasteiger partial charge is 0.0178 e. The zero-order valence-corrected chi connectivity index (χ0v) is 12.2. The van der Waals surface area contributed by atoms with E-state index < -0.39 is 0 Å². The molecule has 0 heterocycles. The second-order valence-electron chi connectivity index (χ2n) is 5.20. The molecule has 0 radical (unpaired) electrons. The normalized spacial score (nSPS) is 19.2. The molecule has 1 aromatic carbocycles. The van der Waals surface area contributed by atoms with Gasteiger partial charge in [-0.1, -0.05) is 48.2 Å². The molecule has 2 rings (SSSR count). The van der Waals surface area contributed by atoms with Crippen molar-refractivity contribution in [3.8, 4) is 0 Å². The van der Waals surface area contributed by atoms with Crippen LogP contribution in [0.4, 0.5) is 0 Å². The molecule has 0 aromatic heterocycles. The monoisotopic (exact) mass is 295 g/mol. The van der Waals surface area contributed by atoms with E-state index in [9.17, 15) is 0 Å². The summed E-state index contributed by atoms with van der Waals surface area (Å²) in [6, 6.07) is 6.71. The largest absolute Gasteiger partial charge is 0.330 e. The van der Waals surface area contributed by atoms with Gasteiger partial charge in [-0.2, -0.15) is 0 Å². The second-order valence-corrected chi connectivity index (χ2v) is 6.12. The number of hydrogen-bond donors (Lipinski definition) is 1. The van der Waals surface area contributed by atoms with Crippen LogP contribution in [0.3, 0.4) is 0 Å². The molecule has 0 spiro atoms. The van der Waals surface area contributed by atoms with Crippen LogP contribution in [0.5, 0.6) is 0 Å². The summed E-state index contributed by atoms with van der Waals surface area (Å²) in [5.41, 5.74) is 9.34. The lowest BCUT2D eigenvalue weighted by Gasteiger charge is -2.38. The van der Waals surface area contributed by atoms with E-state index in [-0.39, 0.29) is 5.41 Å². The first-order valence-electron chi connectivity index (χ1n) is 6.71. The summed E-state index contributed by atoms with van der Waals surface area (Å²) in [6.07, 6.45) is 7.64. The zero-order valence-electron chi connectivity index (χ0n) is 10.6. The Bertz CT molecular complexity index is 381. The van der Waals surface area contributed by atoms with E-state index in [0.717, 1.165) is 13.0 Å². The molecule has 0 atom stereocenters. The molecule has 0 saturated heterocycles. The highest BCUT2D eigenvalue weighted by Crippen LogP contribution is 2.41. The third-order valence-electron chi connectivity index (χ3n) is 4.23. The second kappa shape index (κ2) is 5.53. The minimum atomic E-state index is 0.243. The van der Waals surface area contributed by atoms with Gasteiger partial charge in [0.25, 0.3) is 0 Å². The van der Waals surface area contributed by atoms with Crippen molar-refractivity contribution in [2.24, 2.45) is 5.73 Å². The summed E-state index contributed by atoms with van der Waals surface area (Å²) in [7, 11) is 0. The van der Waals surface area contributed by atoms with Crippen molar-refractivity contribution < 1.29 is 0 Å². The Kier molecular flexibility index (Phi) is 4.26. The predicted octanol–water partition coefficient (Wildman–Crippen LogP) is 4.17. The molecule has 0 aliphatic heterocycles. The first-order valence-corrected chi connectivity index (χ1v) is 7.50. The molecule has 94 valence electrons. The van der Waals surface area contributed by atoms with Crippen molar-refractivity contribution in [2.45, 2.75) is 50.9 Å². The zero-order chi connectivity index (χ0) is 12.3. The molecule has 17 heavy (non-hydrogen) atoms. The molecule has 1 fully saturated rings. The predicted molar refractivity (Wildman–Crippen MR) is 77.3 cm³/mol. The Labute approximate surface area is 113 Å². The molecule has 2 N–H and O–H groups in total. The summed E-state index contributed by atoms with van der Waals surface area (Å²) in [4.78, 5) is 0. The molecular weight excluding hydrogens is 274 g/mol. The van der Waals surface area contributed by atoms with Gasteiger partial charge in [0.05, 0.1) is 0 Å². The van der Waals surface area contributed by atoms with Crippen molar-refractivity contribution >= 4 is 15.9 Å². The van der Waals surface area contributed by atoms with Crippen LogP contribution in [0.15, 0.2) is 22.7 Å². The summed E-state index contributed by atoms with van der Waals surface area (Å²) >= 11 is 3.60. The lowest BCUT2D eigenvalue weighted by molar-refractivity contribution is 0.299. The van der Waals surface area contributed by atoms with Crippen LogP contribution in [0, 0.1) is 0 Å². The number of hydrogen-bond acceptors (Lipinski definition) is 1. The minimum Gasteiger partial charge on any atom is -0.330 e. The number of halogens is 1. The maximum Gasteiger partial charge on any atom is 0.0178 e. The Morgan fingerprint density at radius 2 is 1.94 bits per heavy atom. The summed E-state index contributed by atoms with van der Waals surface area (Å²) in [5.74, 6) is 0. The molecule has 0 unspecified atom stereocenters. The lowest BCUT2D eigenvalue weighted by atomic mass is 9.68. The van der Waals surface area contributed by atoms with Crippen molar-refractivity contribution in [1.82, 2.24) is 0 Å². The quantitative estimate of drug-likeness (QED) is 0.890. The molecule has 1 aromatic rings. The van der Waals surface area contributed by atoms with Crippen molar-refractivity contribution in [3.05, 3.63) is 33.8 Å². The van der Waals surface area contributed by atoms with Gasteiger partial charge in [0.1, 0.15) is 0 Å². The number of aryl methyl sites for hydroxylation is 1. The first-order chi connectivity index (χ1) is 8.22. The van der Waals surface area contributed by atoms with Gasteiger partial charge in [0.2, 0.25) is 0 Å². The van der Waals surface area contributed by atoms with E-state index in [1.165, 1.54) is 47.7 Å². The van der Waals surface area contributed by atoms with Crippen molar-refractivity contribution in [3.63, 3.8) is 0 Å². The van der Waals surface area contributed by atoms with E-state index in [0.29, 0.717) is 0 Å². The highest BCUT2D eigenvalue weighted by molar-refractivity contribution is 9.10. The number of rotatable bonds is 3. The minimum absolute atomic E-state index is 0.243. The van der Waals surface area contributed by atoms with E-state index in [1.807, 2.05) is 0 Å². The first kappa shape index (κ1) is 13.1. The van der Waals surface area contributed by atoms with Crippen LogP contribution in [0.25, 0.3) is 0 Å². The summed E-state index contributed by atoms with van der Waals surface area (Å²) < 4.78 is 1.18. The van der Waals surface area contributed by atoms with Gasteiger partial charge in [0.15, 0.2) is 0 Å². The average molecular weight is 296 g/mol. The third kappa shape index (κ3) is 2.58. The number of benzene rings is 1. The van der Waals surface area contributed by atoms with Crippen LogP contribution >= 0.6 is 15.9 Å². The van der Waals surface area contributed by atoms with Gasteiger partial charge >= 0.3 is 0 Å². The van der Waals surface area contributed by atoms with Crippen LogP contribution in [0.2, 0.25) is 0 Å². The van der Waals surface area contributed by atoms with E-state index in [1.54, 1.807) is 0 Å². The van der Waals surface area contributed by atoms with Crippen LogP contribution in [-0.4, -0.2) is 6.54 Å². The average Bonchev–Trinajstić information content (AvgIpc) is 2.39. The van der Waals surface area contributed by atoms with Gasteiger partial charge in [-0.05, 0) is 42.5 Å². The fraction of sp³-hybridized carbons (Fsp3) is 0.600. The topological polar surface area (TPSA) is 26.0 Å². The fourth-order valence-corrected chi connectivity index (χ4v) is 3.52. The van der Waals surface area contributed by atoms with Gasteiger partial charge < -0.3 is 5.73 Å². The van der Waals surface area contributed by atoms with Crippen LogP contribution in [0.1, 0.15) is 50.2 Å². The highest BCUT2D eigenvalue weighted by atomic mass is 79.9. The van der Waals surface area contributed by atoms with Gasteiger partial charge in [0, 0.05) is 16.4 Å². The van der Waals surface area contributed by atoms with E-state index in [4.69, 9.17) is 5.73 Å². The summed E-state index contributed by atoms with van der Waals surface area (Å²) in [6.45, 7) is 3.02. The van der Waals surface area contributed by atoms with Gasteiger partial charge in [-0.25, -0.2) is 0 Å². The lowest BCUT2D eigenvalue weighted by Crippen LogP contribution is -2.38. The third-order valence-corrected chi connectivity index (χ3v) is 4.72. The molecule has 1 aliphatic carbocycles. The highest BCUT2D eigenvalue weighted by Gasteiger charge is 2.33. The maximum atomic E-state index is 6.13. The maximum absolute atomic E-state index is 6.13. The fourth-order valence-electron chi connectivity index (χ4n) is 3.16. The van der Waals surface area contributed by atoms with Crippen molar-refractivity contribution in [2.75, 3.05) is 6.54 Å². The SMILES string of the molecule is CCc1ccc(Br)cc1C1(CN)CCCCC1. The van der Waals surface area contributed by atoms with E-state index in [2.05, 4.69) is 41.1 Å². The Morgan fingerprint density at radius 3 is 2.53 bits per heavy atom. The standard InChI is InChI=1S/C15H22BrN/c1-2-12-6-7-13(16)10-14(12)15(11-17)8-4-3-5-9-15/h6-7,10H,2-5,8-9,11,17H2,1H3. The van der Waals surface area contributed by atoms with Gasteiger partial charge in [-0.3, -0.25) is 0 Å².